The van der Waals surface area contributed by atoms with E-state index < -0.39 is 60.5 Å². The molecule has 14 heteroatoms. The number of nitrogens with zero attached hydrogens (tertiary/aromatic N) is 3. The van der Waals surface area contributed by atoms with Crippen molar-refractivity contribution in [2.75, 3.05) is 6.61 Å². The number of hydrogen-bond acceptors (Lipinski definition) is 13. The number of rotatable bonds is 10. The van der Waals surface area contributed by atoms with Crippen LogP contribution in [0.1, 0.15) is 79.1 Å². The van der Waals surface area contributed by atoms with Crippen molar-refractivity contribution < 1.29 is 52.4 Å². The highest BCUT2D eigenvalue weighted by Gasteiger charge is 2.53. The number of allylic oxidation sites excluding steroid dienone is 2. The van der Waals surface area contributed by atoms with Crippen molar-refractivity contribution in [3.63, 3.8) is 0 Å². The molecular weight excluding hydrogens is 602 g/mol. The van der Waals surface area contributed by atoms with Gasteiger partial charge >= 0.3 is 29.8 Å². The second-order valence-corrected chi connectivity index (χ2v) is 12.3. The third-order valence-electron chi connectivity index (χ3n) is 8.82. The minimum atomic E-state index is -1.36. The van der Waals surface area contributed by atoms with Crippen molar-refractivity contribution in [2.24, 2.45) is 23.7 Å². The molecule has 3 aliphatic rings. The second kappa shape index (κ2) is 15.0. The van der Waals surface area contributed by atoms with Gasteiger partial charge in [-0.2, -0.15) is 0 Å². The molecule has 2 fully saturated rings. The van der Waals surface area contributed by atoms with E-state index in [0.29, 0.717) is 17.4 Å². The van der Waals surface area contributed by atoms with Gasteiger partial charge in [-0.3, -0.25) is 19.2 Å². The second-order valence-electron chi connectivity index (χ2n) is 12.3. The Labute approximate surface area is 267 Å². The average molecular weight is 646 g/mol. The van der Waals surface area contributed by atoms with E-state index in [9.17, 15) is 24.0 Å². The van der Waals surface area contributed by atoms with Gasteiger partial charge in [0.1, 0.15) is 25.0 Å². The minimum absolute atomic E-state index is 0.00251. The number of carbonyl (C=O) groups is 5. The third-order valence-corrected chi connectivity index (χ3v) is 8.82. The SMILES string of the molecule is C=C(C(=O)OCc1cn([C@@H]2O[C@H](COC(C)=O)[C@@H](OC(C)=O)[C@H](OC(C)=O)[C@H]2OC(C)=O)nn1)[C@@H]1CC[C@@H](C)[C@@H]2CCC(C)=C[C@@H]21. The molecule has 4 rings (SSSR count). The highest BCUT2D eigenvalue weighted by molar-refractivity contribution is 5.88. The van der Waals surface area contributed by atoms with Gasteiger partial charge in [-0.25, -0.2) is 9.48 Å². The van der Waals surface area contributed by atoms with Crippen molar-refractivity contribution in [3.05, 3.63) is 35.7 Å². The van der Waals surface area contributed by atoms with Crippen molar-refractivity contribution in [1.29, 1.82) is 0 Å². The van der Waals surface area contributed by atoms with Crippen LogP contribution in [0, 0.1) is 23.7 Å². The summed E-state index contributed by atoms with van der Waals surface area (Å²) in [5.74, 6) is -2.05. The van der Waals surface area contributed by atoms with Gasteiger partial charge in [-0.15, -0.1) is 5.10 Å². The molecule has 2 aliphatic carbocycles. The van der Waals surface area contributed by atoms with Gasteiger partial charge in [0.05, 0.1) is 6.20 Å². The van der Waals surface area contributed by atoms with E-state index in [0.717, 1.165) is 46.5 Å². The molecule has 0 spiro atoms. The molecule has 1 saturated carbocycles. The molecule has 14 nitrogen and oxygen atoms in total. The Morgan fingerprint density at radius 1 is 0.913 bits per heavy atom. The van der Waals surface area contributed by atoms with Crippen LogP contribution >= 0.6 is 0 Å². The first-order valence-electron chi connectivity index (χ1n) is 15.5. The van der Waals surface area contributed by atoms with Crippen molar-refractivity contribution >= 4 is 29.8 Å². The van der Waals surface area contributed by atoms with Crippen LogP contribution in [0.2, 0.25) is 0 Å². The van der Waals surface area contributed by atoms with E-state index in [1.54, 1.807) is 0 Å². The van der Waals surface area contributed by atoms with E-state index in [1.807, 2.05) is 0 Å². The van der Waals surface area contributed by atoms with E-state index in [4.69, 9.17) is 28.4 Å². The molecule has 252 valence electrons. The monoisotopic (exact) mass is 645 g/mol. The standard InChI is InChI=1S/C32H43N3O11/c1-16-8-10-24-17(2)9-11-25(26(24)12-16)18(3)32(40)42-14-23-13-35(34-33-23)31-30(45-22(7)39)29(44-21(6)38)28(43-20(5)37)27(46-31)15-41-19(4)36/h12-13,17,24-31H,3,8-11,14-15H2,1-2,4-7H3/t17-,24+,25+,26+,27-,28-,29+,30-,31-/m1/s1. The molecule has 9 atom stereocenters. The van der Waals surface area contributed by atoms with Crippen LogP contribution in [0.5, 0.6) is 0 Å². The lowest BCUT2D eigenvalue weighted by Crippen LogP contribution is -2.60. The summed E-state index contributed by atoms with van der Waals surface area (Å²) in [6, 6.07) is 0. The number of fused-ring (bicyclic) bond motifs is 1. The normalized spacial score (nSPS) is 30.6. The summed E-state index contributed by atoms with van der Waals surface area (Å²) >= 11 is 0. The van der Waals surface area contributed by atoms with Crippen LogP contribution < -0.4 is 0 Å². The first kappa shape index (κ1) is 34.8. The molecule has 1 aromatic heterocycles. The van der Waals surface area contributed by atoms with Crippen LogP contribution in [-0.2, 0) is 59.0 Å². The van der Waals surface area contributed by atoms with Gasteiger partial charge in [0.15, 0.2) is 24.5 Å². The highest BCUT2D eigenvalue weighted by Crippen LogP contribution is 2.47. The Bertz CT molecular complexity index is 1370. The van der Waals surface area contributed by atoms with E-state index in [2.05, 4.69) is 36.8 Å². The molecule has 0 radical (unpaired) electrons. The van der Waals surface area contributed by atoms with Crippen LogP contribution in [0.15, 0.2) is 30.0 Å². The lowest BCUT2D eigenvalue weighted by Gasteiger charge is -2.44. The maximum absolute atomic E-state index is 13.2. The fourth-order valence-electron chi connectivity index (χ4n) is 6.76. The third kappa shape index (κ3) is 8.39. The summed E-state index contributed by atoms with van der Waals surface area (Å²) in [5.41, 5.74) is 2.01. The molecule has 0 unspecified atom stereocenters. The quantitative estimate of drug-likeness (QED) is 0.157. The highest BCUT2D eigenvalue weighted by atomic mass is 16.7. The molecule has 0 bridgehead atoms. The lowest BCUT2D eigenvalue weighted by molar-refractivity contribution is -0.270. The van der Waals surface area contributed by atoms with E-state index in [-0.39, 0.29) is 30.7 Å². The molecule has 1 saturated heterocycles. The summed E-state index contributed by atoms with van der Waals surface area (Å²) in [5, 5.41) is 8.17. The van der Waals surface area contributed by atoms with Crippen LogP contribution in [0.4, 0.5) is 0 Å². The summed E-state index contributed by atoms with van der Waals surface area (Å²) in [4.78, 5) is 61.0. The van der Waals surface area contributed by atoms with E-state index >= 15 is 0 Å². The topological polar surface area (TPSA) is 171 Å². The molecular formula is C32H43N3O11. The maximum atomic E-state index is 13.2. The lowest BCUT2D eigenvalue weighted by atomic mass is 9.61. The van der Waals surface area contributed by atoms with Gasteiger partial charge in [0, 0.05) is 33.3 Å². The van der Waals surface area contributed by atoms with Crippen molar-refractivity contribution in [1.82, 2.24) is 15.0 Å². The number of aromatic nitrogens is 3. The zero-order valence-electron chi connectivity index (χ0n) is 27.1. The minimum Gasteiger partial charge on any atom is -0.463 e. The van der Waals surface area contributed by atoms with Gasteiger partial charge in [0.25, 0.3) is 0 Å². The molecule has 2 heterocycles. The average Bonchev–Trinajstić information content (AvgIpc) is 3.45. The Balaban J connectivity index is 1.52. The van der Waals surface area contributed by atoms with Crippen molar-refractivity contribution in [2.45, 2.75) is 104 Å². The predicted octanol–water partition coefficient (Wildman–Crippen LogP) is 3.15. The van der Waals surface area contributed by atoms with Gasteiger partial charge < -0.3 is 28.4 Å². The number of hydrogen-bond donors (Lipinski definition) is 0. The van der Waals surface area contributed by atoms with Gasteiger partial charge in [-0.1, -0.05) is 30.4 Å². The molecule has 0 amide bonds. The first-order valence-corrected chi connectivity index (χ1v) is 15.5. The smallest absolute Gasteiger partial charge is 0.334 e. The summed E-state index contributed by atoms with van der Waals surface area (Å²) in [6.07, 6.45) is 1.34. The number of ether oxygens (including phenoxy) is 6. The van der Waals surface area contributed by atoms with Crippen LogP contribution in [0.25, 0.3) is 0 Å². The fourth-order valence-corrected chi connectivity index (χ4v) is 6.76. The number of carbonyl (C=O) groups excluding carboxylic acids is 5. The molecule has 0 N–H and O–H groups in total. The predicted molar refractivity (Wildman–Crippen MR) is 158 cm³/mol. The first-order chi connectivity index (χ1) is 21.7. The zero-order chi connectivity index (χ0) is 33.7. The molecule has 0 aromatic carbocycles. The number of esters is 5. The summed E-state index contributed by atoms with van der Waals surface area (Å²) in [6.45, 7) is 12.5. The molecule has 1 aromatic rings. The Morgan fingerprint density at radius 2 is 1.57 bits per heavy atom. The molecule has 1 aliphatic heterocycles. The van der Waals surface area contributed by atoms with Crippen LogP contribution in [-0.4, -0.2) is 75.9 Å². The van der Waals surface area contributed by atoms with E-state index in [1.165, 1.54) is 23.4 Å². The largest absolute Gasteiger partial charge is 0.463 e. The Morgan fingerprint density at radius 3 is 2.22 bits per heavy atom. The maximum Gasteiger partial charge on any atom is 0.334 e. The Kier molecular flexibility index (Phi) is 11.4. The summed E-state index contributed by atoms with van der Waals surface area (Å²) in [7, 11) is 0. The summed E-state index contributed by atoms with van der Waals surface area (Å²) < 4.78 is 34.4. The fraction of sp³-hybridized carbons (Fsp3) is 0.656. The van der Waals surface area contributed by atoms with Gasteiger partial charge in [-0.05, 0) is 56.3 Å². The van der Waals surface area contributed by atoms with Crippen LogP contribution in [0.3, 0.4) is 0 Å². The van der Waals surface area contributed by atoms with Gasteiger partial charge in [0.2, 0.25) is 0 Å². The molecule has 46 heavy (non-hydrogen) atoms. The Hall–Kier alpha value is -4.07. The zero-order valence-corrected chi connectivity index (χ0v) is 27.1. The van der Waals surface area contributed by atoms with Crippen molar-refractivity contribution in [3.8, 4) is 0 Å².